The molecule has 1 amide bonds. The standard InChI is InChI=1S/C19H24ClN3O2.ClH/c1-3-4-7-25-18-11-17(21)16(20)10-15(18)19(24)22-12-8-13-5-6-14(9-12)23(13)2;/h10-14H,5-9,21H2,1-2H3,(H,22,24);1H. The molecule has 2 unspecified atom stereocenters. The van der Waals surface area contributed by atoms with Gasteiger partial charge in [-0.2, -0.15) is 0 Å². The van der Waals surface area contributed by atoms with Crippen molar-refractivity contribution >= 4 is 35.6 Å². The molecule has 26 heavy (non-hydrogen) atoms. The van der Waals surface area contributed by atoms with Crippen LogP contribution in [-0.4, -0.2) is 42.6 Å². The number of amides is 1. The van der Waals surface area contributed by atoms with Crippen molar-refractivity contribution in [2.45, 2.75) is 50.7 Å². The molecule has 3 N–H and O–H groups in total. The third kappa shape index (κ3) is 4.37. The molecule has 0 saturated carbocycles. The summed E-state index contributed by atoms with van der Waals surface area (Å²) >= 11 is 6.11. The first-order valence-corrected chi connectivity index (χ1v) is 9.01. The van der Waals surface area contributed by atoms with Crippen molar-refractivity contribution in [1.29, 1.82) is 0 Å². The van der Waals surface area contributed by atoms with E-state index < -0.39 is 0 Å². The van der Waals surface area contributed by atoms with E-state index >= 15 is 0 Å². The molecular formula is C19H25Cl2N3O2. The number of nitrogens with one attached hydrogen (secondary N) is 1. The zero-order valence-corrected chi connectivity index (χ0v) is 16.6. The summed E-state index contributed by atoms with van der Waals surface area (Å²) < 4.78 is 5.61. The maximum atomic E-state index is 12.8. The van der Waals surface area contributed by atoms with Crippen LogP contribution in [0, 0.1) is 11.8 Å². The zero-order valence-electron chi connectivity index (χ0n) is 15.0. The van der Waals surface area contributed by atoms with E-state index in [2.05, 4.69) is 29.1 Å². The molecule has 1 aromatic carbocycles. The van der Waals surface area contributed by atoms with Gasteiger partial charge in [-0.3, -0.25) is 4.79 Å². The highest BCUT2D eigenvalue weighted by Crippen LogP contribution is 2.35. The number of rotatable bonds is 4. The smallest absolute Gasteiger partial charge is 0.255 e. The van der Waals surface area contributed by atoms with Crippen LogP contribution in [0.2, 0.25) is 5.02 Å². The Bertz CT molecular complexity index is 715. The van der Waals surface area contributed by atoms with Crippen molar-refractivity contribution in [2.24, 2.45) is 0 Å². The van der Waals surface area contributed by atoms with Crippen LogP contribution in [0.3, 0.4) is 0 Å². The second kappa shape index (κ2) is 8.85. The third-order valence-electron chi connectivity index (χ3n) is 5.25. The number of halogens is 2. The van der Waals surface area contributed by atoms with E-state index in [1.54, 1.807) is 19.1 Å². The quantitative estimate of drug-likeness (QED) is 0.604. The van der Waals surface area contributed by atoms with Crippen molar-refractivity contribution in [3.63, 3.8) is 0 Å². The predicted octanol–water partition coefficient (Wildman–Crippen LogP) is 3.10. The zero-order chi connectivity index (χ0) is 18.0. The van der Waals surface area contributed by atoms with E-state index in [1.165, 1.54) is 12.8 Å². The number of anilines is 1. The summed E-state index contributed by atoms with van der Waals surface area (Å²) in [7, 11) is 2.18. The first kappa shape index (κ1) is 20.7. The number of nitrogens with two attached hydrogens (primary N) is 1. The molecule has 2 bridgehead atoms. The van der Waals surface area contributed by atoms with E-state index in [0.717, 1.165) is 12.8 Å². The molecule has 2 aliphatic rings. The van der Waals surface area contributed by atoms with Crippen LogP contribution in [-0.2, 0) is 0 Å². The summed E-state index contributed by atoms with van der Waals surface area (Å²) in [6.07, 6.45) is 4.40. The van der Waals surface area contributed by atoms with Crippen molar-refractivity contribution in [1.82, 2.24) is 10.2 Å². The summed E-state index contributed by atoms with van der Waals surface area (Å²) in [5.41, 5.74) is 6.64. The van der Waals surface area contributed by atoms with Crippen molar-refractivity contribution in [2.75, 3.05) is 19.4 Å². The molecule has 2 heterocycles. The summed E-state index contributed by atoms with van der Waals surface area (Å²) in [6.45, 7) is 1.94. The summed E-state index contributed by atoms with van der Waals surface area (Å²) in [5, 5.41) is 3.50. The van der Waals surface area contributed by atoms with Gasteiger partial charge in [0.05, 0.1) is 16.3 Å². The van der Waals surface area contributed by atoms with E-state index in [4.69, 9.17) is 22.1 Å². The highest BCUT2D eigenvalue weighted by atomic mass is 35.5. The fourth-order valence-electron chi connectivity index (χ4n) is 3.84. The van der Waals surface area contributed by atoms with Gasteiger partial charge in [-0.15, -0.1) is 18.3 Å². The Kier molecular flexibility index (Phi) is 7.05. The van der Waals surface area contributed by atoms with Crippen molar-refractivity contribution in [3.05, 3.63) is 22.7 Å². The minimum absolute atomic E-state index is 0. The molecule has 0 radical (unpaired) electrons. The largest absolute Gasteiger partial charge is 0.480 e. The minimum atomic E-state index is -0.171. The average Bonchev–Trinajstić information content (AvgIpc) is 2.80. The number of carbonyl (C=O) groups is 1. The van der Waals surface area contributed by atoms with Gasteiger partial charge < -0.3 is 20.7 Å². The molecule has 0 spiro atoms. The van der Waals surface area contributed by atoms with Gasteiger partial charge in [0.2, 0.25) is 0 Å². The lowest BCUT2D eigenvalue weighted by Gasteiger charge is -2.36. The molecule has 142 valence electrons. The summed E-state index contributed by atoms with van der Waals surface area (Å²) in [5.74, 6) is 5.83. The Labute approximate surface area is 166 Å². The molecule has 5 nitrogen and oxygen atoms in total. The Hall–Kier alpha value is -1.61. The van der Waals surface area contributed by atoms with Gasteiger partial charge in [0.15, 0.2) is 0 Å². The Balaban J connectivity index is 0.00000243. The molecule has 1 aromatic rings. The van der Waals surface area contributed by atoms with Gasteiger partial charge in [-0.1, -0.05) is 17.5 Å². The Morgan fingerprint density at radius 2 is 2.04 bits per heavy atom. The molecule has 2 fully saturated rings. The molecule has 0 aromatic heterocycles. The number of nitrogens with zero attached hydrogens (tertiary/aromatic N) is 1. The normalized spacial score (nSPS) is 24.2. The van der Waals surface area contributed by atoms with Crippen LogP contribution in [0.15, 0.2) is 12.1 Å². The Morgan fingerprint density at radius 3 is 2.65 bits per heavy atom. The number of carbonyl (C=O) groups excluding carboxylic acids is 1. The van der Waals surface area contributed by atoms with Crippen LogP contribution in [0.5, 0.6) is 5.75 Å². The average molecular weight is 398 g/mol. The highest BCUT2D eigenvalue weighted by Gasteiger charge is 2.39. The Morgan fingerprint density at radius 1 is 1.38 bits per heavy atom. The number of piperidine rings is 1. The topological polar surface area (TPSA) is 67.6 Å². The van der Waals surface area contributed by atoms with E-state index in [0.29, 0.717) is 34.1 Å². The third-order valence-corrected chi connectivity index (χ3v) is 5.58. The number of hydrogen-bond acceptors (Lipinski definition) is 4. The van der Waals surface area contributed by atoms with Gasteiger partial charge in [0.1, 0.15) is 12.4 Å². The van der Waals surface area contributed by atoms with E-state index in [-0.39, 0.29) is 31.0 Å². The van der Waals surface area contributed by atoms with Gasteiger partial charge >= 0.3 is 0 Å². The number of hydrogen-bond donors (Lipinski definition) is 2. The van der Waals surface area contributed by atoms with Crippen molar-refractivity contribution in [3.8, 4) is 17.6 Å². The van der Waals surface area contributed by atoms with Crippen LogP contribution < -0.4 is 15.8 Å². The fraction of sp³-hybridized carbons (Fsp3) is 0.526. The maximum absolute atomic E-state index is 12.8. The predicted molar refractivity (Wildman–Crippen MR) is 107 cm³/mol. The first-order chi connectivity index (χ1) is 12.0. The molecule has 2 aliphatic heterocycles. The minimum Gasteiger partial charge on any atom is -0.480 e. The van der Waals surface area contributed by atoms with Crippen LogP contribution in [0.4, 0.5) is 5.69 Å². The number of nitrogen functional groups attached to an aromatic ring is 1. The molecule has 2 saturated heterocycles. The number of ether oxygens (including phenoxy) is 1. The summed E-state index contributed by atoms with van der Waals surface area (Å²) in [6, 6.07) is 4.47. The van der Waals surface area contributed by atoms with Gasteiger partial charge in [-0.25, -0.2) is 0 Å². The van der Waals surface area contributed by atoms with Gasteiger partial charge in [0.25, 0.3) is 5.91 Å². The van der Waals surface area contributed by atoms with Gasteiger partial charge in [0, 0.05) is 24.2 Å². The van der Waals surface area contributed by atoms with Gasteiger partial charge in [-0.05, 0) is 45.7 Å². The second-order valence-electron chi connectivity index (χ2n) is 6.78. The van der Waals surface area contributed by atoms with E-state index in [1.807, 2.05) is 0 Å². The molecular weight excluding hydrogens is 373 g/mol. The van der Waals surface area contributed by atoms with Crippen molar-refractivity contribution < 1.29 is 9.53 Å². The second-order valence-corrected chi connectivity index (χ2v) is 7.18. The molecule has 7 heteroatoms. The lowest BCUT2D eigenvalue weighted by molar-refractivity contribution is 0.0879. The van der Waals surface area contributed by atoms with Crippen LogP contribution in [0.1, 0.15) is 43.0 Å². The lowest BCUT2D eigenvalue weighted by Crippen LogP contribution is -2.48. The fourth-order valence-corrected chi connectivity index (χ4v) is 4.01. The number of benzene rings is 1. The highest BCUT2D eigenvalue weighted by molar-refractivity contribution is 6.33. The lowest BCUT2D eigenvalue weighted by atomic mass is 9.97. The van der Waals surface area contributed by atoms with Crippen LogP contribution in [0.25, 0.3) is 0 Å². The molecule has 2 atom stereocenters. The SMILES string of the molecule is CC#CCOc1cc(N)c(Cl)cc1C(=O)NC1CC2CCC(C1)N2C.Cl. The monoisotopic (exact) mass is 397 g/mol. The van der Waals surface area contributed by atoms with E-state index in [9.17, 15) is 4.79 Å². The molecule has 3 rings (SSSR count). The first-order valence-electron chi connectivity index (χ1n) is 8.63. The number of fused-ring (bicyclic) bond motifs is 2. The van der Waals surface area contributed by atoms with Crippen LogP contribution >= 0.6 is 24.0 Å². The summed E-state index contributed by atoms with van der Waals surface area (Å²) in [4.78, 5) is 15.3. The maximum Gasteiger partial charge on any atom is 0.255 e. The molecule has 0 aliphatic carbocycles.